The molecule has 0 radical (unpaired) electrons. The minimum absolute atomic E-state index is 0.103. The number of nitrogens with one attached hydrogen (secondary N) is 2. The van der Waals surface area contributed by atoms with Crippen LogP contribution in [0.25, 0.3) is 0 Å². The van der Waals surface area contributed by atoms with Crippen molar-refractivity contribution in [3.8, 4) is 0 Å². The highest BCUT2D eigenvalue weighted by Gasteiger charge is 2.29. The first-order valence-corrected chi connectivity index (χ1v) is 6.54. The summed E-state index contributed by atoms with van der Waals surface area (Å²) < 4.78 is 0. The van der Waals surface area contributed by atoms with Crippen LogP contribution in [0.5, 0.6) is 0 Å². The molecule has 0 bridgehead atoms. The Bertz CT molecular complexity index is 407. The van der Waals surface area contributed by atoms with Gasteiger partial charge in [-0.25, -0.2) is 0 Å². The molecule has 4 nitrogen and oxygen atoms in total. The van der Waals surface area contributed by atoms with Crippen LogP contribution in [0.15, 0.2) is 24.3 Å². The molecule has 1 atom stereocenters. The van der Waals surface area contributed by atoms with E-state index in [-0.39, 0.29) is 11.9 Å². The van der Waals surface area contributed by atoms with Crippen LogP contribution in [0, 0.1) is 0 Å². The molecular formula is C13H18ClN3O. The van der Waals surface area contributed by atoms with Gasteiger partial charge in [0.25, 0.3) is 0 Å². The average molecular weight is 268 g/mol. The monoisotopic (exact) mass is 267 g/mol. The van der Waals surface area contributed by atoms with Gasteiger partial charge in [-0.3, -0.25) is 4.79 Å². The number of carbonyl (C=O) groups excluding carboxylic acids is 1. The molecule has 1 aromatic rings. The van der Waals surface area contributed by atoms with Gasteiger partial charge in [0, 0.05) is 23.8 Å². The van der Waals surface area contributed by atoms with Crippen LogP contribution in [-0.2, 0) is 4.79 Å². The molecule has 1 amide bonds. The zero-order chi connectivity index (χ0) is 13.0. The van der Waals surface area contributed by atoms with Gasteiger partial charge in [-0.2, -0.15) is 0 Å². The first-order chi connectivity index (χ1) is 8.72. The van der Waals surface area contributed by atoms with Crippen molar-refractivity contribution in [3.05, 3.63) is 29.3 Å². The van der Waals surface area contributed by atoms with Crippen LogP contribution in [0.2, 0.25) is 5.02 Å². The third-order valence-corrected chi connectivity index (χ3v) is 3.41. The quantitative estimate of drug-likeness (QED) is 0.863. The molecule has 0 saturated carbocycles. The highest BCUT2D eigenvalue weighted by atomic mass is 35.5. The van der Waals surface area contributed by atoms with Gasteiger partial charge in [0.1, 0.15) is 6.04 Å². The summed E-state index contributed by atoms with van der Waals surface area (Å²) >= 11 is 5.89. The Kier molecular flexibility index (Phi) is 4.44. The highest BCUT2D eigenvalue weighted by Crippen LogP contribution is 2.22. The van der Waals surface area contributed by atoms with E-state index in [0.717, 1.165) is 25.2 Å². The summed E-state index contributed by atoms with van der Waals surface area (Å²) in [6.07, 6.45) is 0.797. The Balaban J connectivity index is 2.16. The van der Waals surface area contributed by atoms with E-state index < -0.39 is 0 Å². The molecule has 1 heterocycles. The number of benzene rings is 1. The van der Waals surface area contributed by atoms with Gasteiger partial charge in [-0.05, 0) is 44.3 Å². The molecule has 0 aliphatic carbocycles. The van der Waals surface area contributed by atoms with Gasteiger partial charge >= 0.3 is 0 Å². The number of amides is 1. The molecule has 2 N–H and O–H groups in total. The Morgan fingerprint density at radius 1 is 1.44 bits per heavy atom. The van der Waals surface area contributed by atoms with E-state index in [1.165, 1.54) is 0 Å². The van der Waals surface area contributed by atoms with Crippen LogP contribution in [-0.4, -0.2) is 38.6 Å². The maximum absolute atomic E-state index is 11.9. The molecule has 2 rings (SSSR count). The molecule has 1 fully saturated rings. The van der Waals surface area contributed by atoms with Crippen LogP contribution < -0.4 is 15.5 Å². The summed E-state index contributed by atoms with van der Waals surface area (Å²) in [6, 6.07) is 7.55. The lowest BCUT2D eigenvalue weighted by atomic mass is 10.1. The summed E-state index contributed by atoms with van der Waals surface area (Å²) in [5.41, 5.74) is 1.05. The summed E-state index contributed by atoms with van der Waals surface area (Å²) in [5, 5.41) is 6.72. The summed E-state index contributed by atoms with van der Waals surface area (Å²) in [7, 11) is 1.90. The second-order valence-corrected chi connectivity index (χ2v) is 4.81. The van der Waals surface area contributed by atoms with Gasteiger partial charge in [-0.15, -0.1) is 0 Å². The third-order valence-electron chi connectivity index (χ3n) is 3.16. The van der Waals surface area contributed by atoms with Gasteiger partial charge in [-0.1, -0.05) is 11.6 Å². The summed E-state index contributed by atoms with van der Waals surface area (Å²) in [4.78, 5) is 14.1. The molecule has 1 aromatic carbocycles. The van der Waals surface area contributed by atoms with Crippen molar-refractivity contribution in [1.82, 2.24) is 10.6 Å². The number of hydrogen-bond acceptors (Lipinski definition) is 3. The highest BCUT2D eigenvalue weighted by molar-refractivity contribution is 6.30. The number of nitrogens with zero attached hydrogens (tertiary/aromatic N) is 1. The molecule has 1 saturated heterocycles. The topological polar surface area (TPSA) is 44.4 Å². The summed E-state index contributed by atoms with van der Waals surface area (Å²) in [6.45, 7) is 2.35. The van der Waals surface area contributed by atoms with E-state index in [2.05, 4.69) is 15.5 Å². The molecule has 0 aromatic heterocycles. The van der Waals surface area contributed by atoms with Crippen LogP contribution >= 0.6 is 11.6 Å². The number of halogens is 1. The maximum atomic E-state index is 11.9. The van der Waals surface area contributed by atoms with Crippen molar-refractivity contribution in [2.45, 2.75) is 12.5 Å². The minimum atomic E-state index is -0.104. The van der Waals surface area contributed by atoms with Crippen molar-refractivity contribution in [2.75, 3.05) is 31.6 Å². The number of hydrogen-bond donors (Lipinski definition) is 2. The fraction of sp³-hybridized carbons (Fsp3) is 0.462. The van der Waals surface area contributed by atoms with E-state index in [1.807, 2.05) is 31.3 Å². The second kappa shape index (κ2) is 6.07. The van der Waals surface area contributed by atoms with E-state index in [9.17, 15) is 4.79 Å². The van der Waals surface area contributed by atoms with Crippen molar-refractivity contribution in [3.63, 3.8) is 0 Å². The van der Waals surface area contributed by atoms with Gasteiger partial charge in [0.2, 0.25) is 5.91 Å². The molecule has 1 unspecified atom stereocenters. The smallest absolute Gasteiger partial charge is 0.242 e. The van der Waals surface area contributed by atoms with Crippen molar-refractivity contribution >= 4 is 23.2 Å². The third kappa shape index (κ3) is 2.94. The second-order valence-electron chi connectivity index (χ2n) is 4.37. The van der Waals surface area contributed by atoms with Crippen molar-refractivity contribution in [1.29, 1.82) is 0 Å². The minimum Gasteiger partial charge on any atom is -0.358 e. The van der Waals surface area contributed by atoms with Crippen LogP contribution in [0.4, 0.5) is 5.69 Å². The lowest BCUT2D eigenvalue weighted by Crippen LogP contribution is -2.56. The van der Waals surface area contributed by atoms with Crippen LogP contribution in [0.3, 0.4) is 0 Å². The fourth-order valence-corrected chi connectivity index (χ4v) is 2.35. The predicted octanol–water partition coefficient (Wildman–Crippen LogP) is 1.25. The van der Waals surface area contributed by atoms with Gasteiger partial charge in [0.05, 0.1) is 0 Å². The van der Waals surface area contributed by atoms with Crippen molar-refractivity contribution in [2.24, 2.45) is 0 Å². The summed E-state index contributed by atoms with van der Waals surface area (Å²) in [5.74, 6) is 0.103. The normalized spacial score (nSPS) is 19.8. The molecule has 18 heavy (non-hydrogen) atoms. The Labute approximate surface area is 112 Å². The zero-order valence-electron chi connectivity index (χ0n) is 10.4. The first-order valence-electron chi connectivity index (χ1n) is 6.17. The van der Waals surface area contributed by atoms with Crippen LogP contribution in [0.1, 0.15) is 6.42 Å². The lowest BCUT2D eigenvalue weighted by molar-refractivity contribution is -0.123. The molecule has 1 aliphatic heterocycles. The maximum Gasteiger partial charge on any atom is 0.242 e. The number of rotatable bonds is 4. The predicted molar refractivity (Wildman–Crippen MR) is 74.1 cm³/mol. The van der Waals surface area contributed by atoms with E-state index in [1.54, 1.807) is 0 Å². The Morgan fingerprint density at radius 3 is 2.83 bits per heavy atom. The standard InChI is InChI=1S/C13H18ClN3O/c1-15-7-6-12-13(18)16-8-9-17(12)11-4-2-10(14)3-5-11/h2-5,12,15H,6-9H2,1H3,(H,16,18). The molecule has 0 spiro atoms. The SMILES string of the molecule is CNCCC1C(=O)NCCN1c1ccc(Cl)cc1. The Hall–Kier alpha value is -1.26. The number of piperazine rings is 1. The average Bonchev–Trinajstić information content (AvgIpc) is 2.38. The number of anilines is 1. The lowest BCUT2D eigenvalue weighted by Gasteiger charge is -2.36. The fourth-order valence-electron chi connectivity index (χ4n) is 2.22. The molecule has 1 aliphatic rings. The number of carbonyl (C=O) groups is 1. The van der Waals surface area contributed by atoms with Gasteiger partial charge < -0.3 is 15.5 Å². The van der Waals surface area contributed by atoms with E-state index in [4.69, 9.17) is 11.6 Å². The van der Waals surface area contributed by atoms with E-state index in [0.29, 0.717) is 11.6 Å². The zero-order valence-corrected chi connectivity index (χ0v) is 11.2. The largest absolute Gasteiger partial charge is 0.358 e. The first kappa shape index (κ1) is 13.2. The Morgan fingerprint density at radius 2 is 2.17 bits per heavy atom. The molecular weight excluding hydrogens is 250 g/mol. The van der Waals surface area contributed by atoms with Gasteiger partial charge in [0.15, 0.2) is 0 Å². The van der Waals surface area contributed by atoms with Crippen molar-refractivity contribution < 1.29 is 4.79 Å². The van der Waals surface area contributed by atoms with E-state index >= 15 is 0 Å². The molecule has 98 valence electrons. The molecule has 5 heteroatoms.